The molecule has 1 N–H and O–H groups in total. The lowest BCUT2D eigenvalue weighted by atomic mass is 10.1. The molecule has 24 heavy (non-hydrogen) atoms. The second-order valence-electron chi connectivity index (χ2n) is 6.20. The van der Waals surface area contributed by atoms with Crippen LogP contribution in [-0.2, 0) is 0 Å². The maximum Gasteiger partial charge on any atom is 0.251 e. The molecule has 3 rings (SSSR count). The fraction of sp³-hybridized carbons (Fsp3) is 0.421. The SMILES string of the molecule is Cc1ccc(C(=O)NCC(c2cccs2)N2CCCCC2)cc1.Cl. The van der Waals surface area contributed by atoms with Crippen molar-refractivity contribution in [1.29, 1.82) is 0 Å². The van der Waals surface area contributed by atoms with Gasteiger partial charge in [0.1, 0.15) is 0 Å². The summed E-state index contributed by atoms with van der Waals surface area (Å²) in [6, 6.07) is 12.3. The zero-order valence-electron chi connectivity index (χ0n) is 14.0. The minimum Gasteiger partial charge on any atom is -0.350 e. The van der Waals surface area contributed by atoms with Crippen LogP contribution < -0.4 is 5.32 Å². The monoisotopic (exact) mass is 364 g/mol. The number of hydrogen-bond acceptors (Lipinski definition) is 3. The molecular weight excluding hydrogens is 340 g/mol. The van der Waals surface area contributed by atoms with E-state index in [1.807, 2.05) is 31.2 Å². The third-order valence-corrected chi connectivity index (χ3v) is 5.45. The summed E-state index contributed by atoms with van der Waals surface area (Å²) >= 11 is 1.78. The molecule has 130 valence electrons. The fourth-order valence-corrected chi connectivity index (χ4v) is 3.98. The molecule has 0 saturated carbocycles. The molecule has 1 aromatic carbocycles. The Hall–Kier alpha value is -1.36. The molecule has 2 aromatic rings. The molecule has 5 heteroatoms. The van der Waals surface area contributed by atoms with Crippen LogP contribution in [0.25, 0.3) is 0 Å². The largest absolute Gasteiger partial charge is 0.350 e. The van der Waals surface area contributed by atoms with Crippen LogP contribution in [0, 0.1) is 6.92 Å². The van der Waals surface area contributed by atoms with Gasteiger partial charge in [-0.05, 0) is 56.4 Å². The summed E-state index contributed by atoms with van der Waals surface area (Å²) in [6.45, 7) is 4.96. The number of rotatable bonds is 5. The molecule has 1 aliphatic heterocycles. The number of carbonyl (C=O) groups excluding carboxylic acids is 1. The summed E-state index contributed by atoms with van der Waals surface area (Å²) < 4.78 is 0. The molecule has 0 bridgehead atoms. The number of benzene rings is 1. The Labute approximate surface area is 154 Å². The van der Waals surface area contributed by atoms with Crippen LogP contribution in [0.4, 0.5) is 0 Å². The fourth-order valence-electron chi connectivity index (χ4n) is 3.12. The number of nitrogens with one attached hydrogen (secondary N) is 1. The summed E-state index contributed by atoms with van der Waals surface area (Å²) in [5, 5.41) is 5.25. The number of piperidine rings is 1. The minimum absolute atomic E-state index is 0. The van der Waals surface area contributed by atoms with Crippen LogP contribution in [0.15, 0.2) is 41.8 Å². The second kappa shape index (κ2) is 9.21. The van der Waals surface area contributed by atoms with Gasteiger partial charge in [-0.1, -0.05) is 30.2 Å². The number of likely N-dealkylation sites (tertiary alicyclic amines) is 1. The molecule has 1 aliphatic rings. The van der Waals surface area contributed by atoms with Gasteiger partial charge in [-0.15, -0.1) is 23.7 Å². The number of aryl methyl sites for hydroxylation is 1. The van der Waals surface area contributed by atoms with Crippen LogP contribution in [0.2, 0.25) is 0 Å². The first-order valence-corrected chi connectivity index (χ1v) is 9.24. The average molecular weight is 365 g/mol. The number of nitrogens with zero attached hydrogens (tertiary/aromatic N) is 1. The van der Waals surface area contributed by atoms with E-state index in [9.17, 15) is 4.79 Å². The third kappa shape index (κ3) is 4.82. The minimum atomic E-state index is 0. The van der Waals surface area contributed by atoms with Crippen molar-refractivity contribution in [3.8, 4) is 0 Å². The quantitative estimate of drug-likeness (QED) is 0.850. The molecule has 2 heterocycles. The Morgan fingerprint density at radius 2 is 1.88 bits per heavy atom. The first-order chi connectivity index (χ1) is 11.2. The molecule has 1 unspecified atom stereocenters. The van der Waals surface area contributed by atoms with Crippen LogP contribution >= 0.6 is 23.7 Å². The van der Waals surface area contributed by atoms with Gasteiger partial charge in [0.25, 0.3) is 5.91 Å². The molecule has 1 aromatic heterocycles. The topological polar surface area (TPSA) is 32.3 Å². The first-order valence-electron chi connectivity index (χ1n) is 8.36. The van der Waals surface area contributed by atoms with Gasteiger partial charge in [-0.25, -0.2) is 0 Å². The van der Waals surface area contributed by atoms with Crippen molar-refractivity contribution >= 4 is 29.7 Å². The molecule has 0 aliphatic carbocycles. The molecule has 1 atom stereocenters. The molecule has 3 nitrogen and oxygen atoms in total. The number of carbonyl (C=O) groups is 1. The number of halogens is 1. The van der Waals surface area contributed by atoms with Crippen molar-refractivity contribution in [3.05, 3.63) is 57.8 Å². The van der Waals surface area contributed by atoms with Crippen molar-refractivity contribution < 1.29 is 4.79 Å². The summed E-state index contributed by atoms with van der Waals surface area (Å²) in [5.74, 6) is 0.0172. The van der Waals surface area contributed by atoms with Gasteiger partial charge in [0, 0.05) is 17.0 Å². The van der Waals surface area contributed by atoms with E-state index in [1.54, 1.807) is 11.3 Å². The van der Waals surface area contributed by atoms with Crippen LogP contribution in [0.1, 0.15) is 46.1 Å². The van der Waals surface area contributed by atoms with Gasteiger partial charge < -0.3 is 5.32 Å². The summed E-state index contributed by atoms with van der Waals surface area (Å²) in [5.41, 5.74) is 1.91. The highest BCUT2D eigenvalue weighted by Crippen LogP contribution is 2.27. The zero-order chi connectivity index (χ0) is 16.1. The maximum atomic E-state index is 12.4. The summed E-state index contributed by atoms with van der Waals surface area (Å²) in [4.78, 5) is 16.2. The van der Waals surface area contributed by atoms with E-state index < -0.39 is 0 Å². The average Bonchev–Trinajstić information content (AvgIpc) is 3.11. The second-order valence-corrected chi connectivity index (χ2v) is 7.18. The standard InChI is InChI=1S/C19H24N2OS.ClH/c1-15-7-9-16(10-8-15)19(22)20-14-17(18-6-5-13-23-18)21-11-3-2-4-12-21;/h5-10,13,17H,2-4,11-12,14H2,1H3,(H,20,22);1H. The Kier molecular flexibility index (Phi) is 7.28. The van der Waals surface area contributed by atoms with Gasteiger partial charge in [0.05, 0.1) is 6.04 Å². The molecule has 0 radical (unpaired) electrons. The molecule has 1 amide bonds. The van der Waals surface area contributed by atoms with Crippen molar-refractivity contribution in [3.63, 3.8) is 0 Å². The normalized spacial score (nSPS) is 16.2. The van der Waals surface area contributed by atoms with Crippen LogP contribution in [0.3, 0.4) is 0 Å². The lowest BCUT2D eigenvalue weighted by Gasteiger charge is -2.34. The van der Waals surface area contributed by atoms with Gasteiger partial charge in [0.15, 0.2) is 0 Å². The highest BCUT2D eigenvalue weighted by Gasteiger charge is 2.23. The van der Waals surface area contributed by atoms with Crippen molar-refractivity contribution in [2.45, 2.75) is 32.2 Å². The van der Waals surface area contributed by atoms with Crippen molar-refractivity contribution in [2.75, 3.05) is 19.6 Å². The molecule has 1 saturated heterocycles. The van der Waals surface area contributed by atoms with Gasteiger partial charge in [0.2, 0.25) is 0 Å². The van der Waals surface area contributed by atoms with Gasteiger partial charge in [-0.3, -0.25) is 9.69 Å². The Morgan fingerprint density at radius 3 is 2.50 bits per heavy atom. The van der Waals surface area contributed by atoms with E-state index in [0.29, 0.717) is 12.6 Å². The first kappa shape index (κ1) is 19.0. The van der Waals surface area contributed by atoms with Crippen molar-refractivity contribution in [1.82, 2.24) is 10.2 Å². The molecule has 1 fully saturated rings. The Balaban J connectivity index is 0.00000208. The van der Waals surface area contributed by atoms with Gasteiger partial charge >= 0.3 is 0 Å². The van der Waals surface area contributed by atoms with Gasteiger partial charge in [-0.2, -0.15) is 0 Å². The highest BCUT2D eigenvalue weighted by molar-refractivity contribution is 7.10. The lowest BCUT2D eigenvalue weighted by molar-refractivity contribution is 0.0925. The van der Waals surface area contributed by atoms with E-state index in [2.05, 4.69) is 27.7 Å². The van der Waals surface area contributed by atoms with Crippen LogP contribution in [-0.4, -0.2) is 30.4 Å². The number of amides is 1. The smallest absolute Gasteiger partial charge is 0.251 e. The number of thiophene rings is 1. The zero-order valence-corrected chi connectivity index (χ0v) is 15.7. The maximum absolute atomic E-state index is 12.4. The molecule has 0 spiro atoms. The highest BCUT2D eigenvalue weighted by atomic mass is 35.5. The van der Waals surface area contributed by atoms with E-state index in [1.165, 1.54) is 29.7 Å². The molecular formula is C19H25ClN2OS. The lowest BCUT2D eigenvalue weighted by Crippen LogP contribution is -2.40. The van der Waals surface area contributed by atoms with E-state index in [-0.39, 0.29) is 18.3 Å². The predicted octanol–water partition coefficient (Wildman–Crippen LogP) is 4.44. The summed E-state index contributed by atoms with van der Waals surface area (Å²) in [7, 11) is 0. The van der Waals surface area contributed by atoms with E-state index in [0.717, 1.165) is 18.7 Å². The third-order valence-electron chi connectivity index (χ3n) is 4.47. The Bertz CT molecular complexity index is 621. The Morgan fingerprint density at radius 1 is 1.17 bits per heavy atom. The predicted molar refractivity (Wildman–Crippen MR) is 103 cm³/mol. The van der Waals surface area contributed by atoms with E-state index in [4.69, 9.17) is 0 Å². The van der Waals surface area contributed by atoms with E-state index >= 15 is 0 Å². The van der Waals surface area contributed by atoms with Crippen LogP contribution in [0.5, 0.6) is 0 Å². The van der Waals surface area contributed by atoms with Crippen molar-refractivity contribution in [2.24, 2.45) is 0 Å². The summed E-state index contributed by atoms with van der Waals surface area (Å²) in [6.07, 6.45) is 3.84. The number of hydrogen-bond donors (Lipinski definition) is 1.